The highest BCUT2D eigenvalue weighted by Crippen LogP contribution is 2.32. The third-order valence-electron chi connectivity index (χ3n) is 9.77. The Hall–Kier alpha value is -4.53. The first-order valence-corrected chi connectivity index (χ1v) is 18.0. The lowest BCUT2D eigenvalue weighted by molar-refractivity contribution is -0.167. The second kappa shape index (κ2) is 19.2. The van der Waals surface area contributed by atoms with Crippen LogP contribution in [0.15, 0.2) is 42.7 Å². The van der Waals surface area contributed by atoms with Crippen molar-refractivity contribution in [3.63, 3.8) is 0 Å². The van der Waals surface area contributed by atoms with Crippen molar-refractivity contribution in [1.29, 1.82) is 0 Å². The van der Waals surface area contributed by atoms with Gasteiger partial charge in [0, 0.05) is 58.9 Å². The van der Waals surface area contributed by atoms with Crippen LogP contribution in [0.1, 0.15) is 50.5 Å². The summed E-state index contributed by atoms with van der Waals surface area (Å²) in [4.78, 5) is 79.6. The zero-order chi connectivity index (χ0) is 36.9. The number of carbonyl (C=O) groups is 6. The van der Waals surface area contributed by atoms with Crippen molar-refractivity contribution in [2.75, 3.05) is 65.5 Å². The zero-order valence-corrected chi connectivity index (χ0v) is 29.8. The molecule has 1 aliphatic carbocycles. The maximum absolute atomic E-state index is 12.9. The van der Waals surface area contributed by atoms with E-state index in [0.29, 0.717) is 77.0 Å². The molecule has 4 aliphatic rings. The Morgan fingerprint density at radius 2 is 1.47 bits per heavy atom. The highest BCUT2D eigenvalue weighted by molar-refractivity contribution is 6.62. The van der Waals surface area contributed by atoms with Gasteiger partial charge in [0.2, 0.25) is 11.8 Å². The number of rotatable bonds is 10. The molecule has 4 N–H and O–H groups in total. The van der Waals surface area contributed by atoms with E-state index in [0.717, 1.165) is 10.5 Å². The van der Waals surface area contributed by atoms with Gasteiger partial charge in [-0.2, -0.15) is 0 Å². The van der Waals surface area contributed by atoms with Gasteiger partial charge in [0.05, 0.1) is 24.8 Å². The molecule has 3 heterocycles. The number of β-lactam (4-membered cyclic amide) rings is 1. The summed E-state index contributed by atoms with van der Waals surface area (Å²) < 4.78 is 5.37. The number of ether oxygens (including phenoxy) is 1. The average Bonchev–Trinajstić information content (AvgIpc) is 3.13. The first kappa shape index (κ1) is 39.3. The molecule has 2 atom stereocenters. The summed E-state index contributed by atoms with van der Waals surface area (Å²) in [6.45, 7) is 7.68. The zero-order valence-electron chi connectivity index (χ0n) is 29.1. The molecule has 5 rings (SSSR count). The van der Waals surface area contributed by atoms with Gasteiger partial charge >= 0.3 is 23.5 Å². The highest BCUT2D eigenvalue weighted by atomic mass is 35.5. The second-order valence-electron chi connectivity index (χ2n) is 13.3. The molecule has 16 heteroatoms. The summed E-state index contributed by atoms with van der Waals surface area (Å²) >= 11 is 5.40. The van der Waals surface area contributed by atoms with Gasteiger partial charge in [-0.1, -0.05) is 56.2 Å². The number of amides is 6. The number of hydrogen-bond acceptors (Lipinski definition) is 9. The summed E-state index contributed by atoms with van der Waals surface area (Å²) in [7, 11) is 0. The van der Waals surface area contributed by atoms with Crippen LogP contribution in [0.4, 0.5) is 14.4 Å². The van der Waals surface area contributed by atoms with Crippen LogP contribution >= 0.6 is 11.6 Å². The molecule has 280 valence electrons. The third kappa shape index (κ3) is 11.2. The Morgan fingerprint density at radius 3 is 2.06 bits per heavy atom. The van der Waals surface area contributed by atoms with E-state index in [2.05, 4.69) is 11.9 Å². The van der Waals surface area contributed by atoms with E-state index in [-0.39, 0.29) is 31.5 Å². The first-order valence-electron chi connectivity index (χ1n) is 17.7. The van der Waals surface area contributed by atoms with Gasteiger partial charge in [0.25, 0.3) is 0 Å². The van der Waals surface area contributed by atoms with Crippen molar-refractivity contribution in [3.05, 3.63) is 48.3 Å². The highest BCUT2D eigenvalue weighted by Gasteiger charge is 2.55. The van der Waals surface area contributed by atoms with Crippen molar-refractivity contribution in [2.24, 2.45) is 17.6 Å². The number of urea groups is 1. The Kier molecular flexibility index (Phi) is 14.8. The Balaban J connectivity index is 0.000000261. The number of aliphatic carboxylic acids is 1. The molecule has 15 nitrogen and oxygen atoms in total. The van der Waals surface area contributed by atoms with Crippen LogP contribution in [0.25, 0.3) is 0 Å². The summed E-state index contributed by atoms with van der Waals surface area (Å²) in [6, 6.07) is 7.63. The molecule has 4 fully saturated rings. The summed E-state index contributed by atoms with van der Waals surface area (Å²) in [5.41, 5.74) is 6.34. The van der Waals surface area contributed by atoms with Gasteiger partial charge in [-0.15, -0.1) is 0 Å². The first-order chi connectivity index (χ1) is 24.5. The number of benzene rings is 1. The molecule has 0 radical (unpaired) electrons. The number of likely N-dealkylation sites (tertiary alicyclic amines) is 1. The molecule has 1 saturated carbocycles. The van der Waals surface area contributed by atoms with Crippen LogP contribution in [0.2, 0.25) is 0 Å². The lowest BCUT2D eigenvalue weighted by Crippen LogP contribution is -2.69. The van der Waals surface area contributed by atoms with Gasteiger partial charge in [0.15, 0.2) is 6.04 Å². The number of nitrogens with zero attached hydrogens (tertiary/aromatic N) is 5. The van der Waals surface area contributed by atoms with E-state index in [1.165, 1.54) is 41.9 Å². The SMILES string of the molecule is C=C(N)NCCC[C@H]1C(=O)N(C(=O)N2CCN(C(=O)Cc3ccccc3)CC2)C1C(=O)O.O=C(Cl)N1CCN(C(=O)OCC2CCCCC2)CC1. The quantitative estimate of drug-likeness (QED) is 0.140. The number of imide groups is 1. The normalized spacial score (nSPS) is 20.8. The molecule has 1 aromatic rings. The molecule has 51 heavy (non-hydrogen) atoms. The molecule has 0 spiro atoms. The number of piperazine rings is 2. The molecule has 1 unspecified atom stereocenters. The maximum atomic E-state index is 12.9. The molecule has 3 aliphatic heterocycles. The molecular formula is C35H50ClN7O8. The van der Waals surface area contributed by atoms with Crippen molar-refractivity contribution in [2.45, 2.75) is 57.4 Å². The number of nitrogens with one attached hydrogen (secondary N) is 1. The topological polar surface area (TPSA) is 186 Å². The van der Waals surface area contributed by atoms with Crippen molar-refractivity contribution < 1.29 is 38.6 Å². The van der Waals surface area contributed by atoms with Crippen LogP contribution in [0.3, 0.4) is 0 Å². The molecule has 6 amide bonds. The summed E-state index contributed by atoms with van der Waals surface area (Å²) in [5.74, 6) is -1.60. The Bertz CT molecular complexity index is 1390. The molecule has 1 aromatic carbocycles. The average molecular weight is 732 g/mol. The van der Waals surface area contributed by atoms with Crippen LogP contribution < -0.4 is 11.1 Å². The minimum atomic E-state index is -1.20. The number of halogens is 1. The predicted octanol–water partition coefficient (Wildman–Crippen LogP) is 2.88. The van der Waals surface area contributed by atoms with E-state index >= 15 is 0 Å². The number of carboxylic acids is 1. The molecular weight excluding hydrogens is 682 g/mol. The van der Waals surface area contributed by atoms with E-state index in [1.54, 1.807) is 9.80 Å². The van der Waals surface area contributed by atoms with Crippen LogP contribution in [-0.2, 0) is 25.5 Å². The minimum Gasteiger partial charge on any atom is -0.480 e. The molecule has 0 aromatic heterocycles. The van der Waals surface area contributed by atoms with E-state index < -0.39 is 35.2 Å². The van der Waals surface area contributed by atoms with E-state index in [4.69, 9.17) is 22.1 Å². The van der Waals surface area contributed by atoms with E-state index in [9.17, 15) is 33.9 Å². The summed E-state index contributed by atoms with van der Waals surface area (Å²) in [5, 5.41) is 11.9. The van der Waals surface area contributed by atoms with Gasteiger partial charge < -0.3 is 40.5 Å². The lowest BCUT2D eigenvalue weighted by atomic mass is 9.83. The number of carbonyl (C=O) groups excluding carboxylic acids is 5. The summed E-state index contributed by atoms with van der Waals surface area (Å²) in [6.07, 6.45) is 7.03. The Labute approximate surface area is 303 Å². The van der Waals surface area contributed by atoms with Gasteiger partial charge in [-0.05, 0) is 48.8 Å². The van der Waals surface area contributed by atoms with Crippen molar-refractivity contribution in [3.8, 4) is 0 Å². The van der Waals surface area contributed by atoms with Crippen LogP contribution in [0.5, 0.6) is 0 Å². The van der Waals surface area contributed by atoms with Crippen molar-refractivity contribution in [1.82, 2.24) is 29.8 Å². The van der Waals surface area contributed by atoms with Crippen molar-refractivity contribution >= 4 is 46.9 Å². The van der Waals surface area contributed by atoms with Gasteiger partial charge in [-0.25, -0.2) is 19.3 Å². The second-order valence-corrected chi connectivity index (χ2v) is 13.6. The van der Waals surface area contributed by atoms with Gasteiger partial charge in [0.1, 0.15) is 0 Å². The fraction of sp³-hybridized carbons (Fsp3) is 0.600. The maximum Gasteiger partial charge on any atom is 0.409 e. The molecule has 0 bridgehead atoms. The van der Waals surface area contributed by atoms with Crippen LogP contribution in [-0.4, -0.2) is 136 Å². The standard InChI is InChI=1S/C22H29N5O5.C13H21ClN2O3/c1-15(23)24-9-5-8-17-19(21(30)31)27(20(17)29)22(32)26-12-10-25(11-13-26)18(28)14-16-6-3-2-4-7-16;14-12(17)15-6-8-16(9-7-15)13(18)19-10-11-4-2-1-3-5-11/h2-4,6-7,17,19,24H,1,5,8-14,23H2,(H,30,31);11H,1-10H2/t17-,19?;/m1./s1. The largest absolute Gasteiger partial charge is 0.480 e. The van der Waals surface area contributed by atoms with E-state index in [1.807, 2.05) is 30.3 Å². The minimum absolute atomic E-state index is 0.0272. The smallest absolute Gasteiger partial charge is 0.409 e. The van der Waals surface area contributed by atoms with Crippen LogP contribution in [0, 0.1) is 11.8 Å². The fourth-order valence-electron chi connectivity index (χ4n) is 6.78. The number of hydrogen-bond donors (Lipinski definition) is 3. The third-order valence-corrected chi connectivity index (χ3v) is 10.0. The number of carboxylic acid groups (broad SMARTS) is 1. The number of nitrogens with two attached hydrogens (primary N) is 1. The predicted molar refractivity (Wildman–Crippen MR) is 188 cm³/mol. The fourth-order valence-corrected chi connectivity index (χ4v) is 6.95. The Morgan fingerprint density at radius 1 is 0.882 bits per heavy atom. The van der Waals surface area contributed by atoms with Gasteiger partial charge in [-0.3, -0.25) is 14.4 Å². The monoisotopic (exact) mass is 731 g/mol. The lowest BCUT2D eigenvalue weighted by Gasteiger charge is -2.46. The molecule has 3 saturated heterocycles.